The van der Waals surface area contributed by atoms with Crippen LogP contribution in [-0.2, 0) is 5.88 Å². The molecular weight excluding hydrogens is 235 g/mol. The van der Waals surface area contributed by atoms with Gasteiger partial charge in [0, 0.05) is 5.56 Å². The predicted octanol–water partition coefficient (Wildman–Crippen LogP) is 2.62. The van der Waals surface area contributed by atoms with E-state index in [1.165, 1.54) is 19.2 Å². The number of aromatic nitrogens is 2. The highest BCUT2D eigenvalue weighted by Crippen LogP contribution is 2.24. The van der Waals surface area contributed by atoms with Gasteiger partial charge >= 0.3 is 0 Å². The largest absolute Gasteiger partial charge is 0.494 e. The molecule has 0 bridgehead atoms. The van der Waals surface area contributed by atoms with E-state index in [-0.39, 0.29) is 11.6 Å². The van der Waals surface area contributed by atoms with Gasteiger partial charge in [-0.05, 0) is 18.2 Å². The number of methoxy groups -OCH3 is 1. The van der Waals surface area contributed by atoms with Crippen LogP contribution in [-0.4, -0.2) is 17.3 Å². The lowest BCUT2D eigenvalue weighted by Gasteiger charge is -2.02. The zero-order valence-corrected chi connectivity index (χ0v) is 9.16. The lowest BCUT2D eigenvalue weighted by atomic mass is 10.2. The SMILES string of the molecule is COc1cc(-c2noc(CCl)n2)ccc1F. The maximum atomic E-state index is 13.1. The first-order valence-electron chi connectivity index (χ1n) is 4.47. The second-order valence-electron chi connectivity index (χ2n) is 2.99. The third-order valence-corrected chi connectivity index (χ3v) is 2.22. The van der Waals surface area contributed by atoms with Crippen LogP contribution in [0.1, 0.15) is 5.89 Å². The van der Waals surface area contributed by atoms with Gasteiger partial charge in [-0.1, -0.05) is 5.16 Å². The normalized spacial score (nSPS) is 10.4. The van der Waals surface area contributed by atoms with Gasteiger partial charge < -0.3 is 9.26 Å². The van der Waals surface area contributed by atoms with Crippen molar-refractivity contribution in [2.75, 3.05) is 7.11 Å². The van der Waals surface area contributed by atoms with Crippen LogP contribution in [0.3, 0.4) is 0 Å². The summed E-state index contributed by atoms with van der Waals surface area (Å²) < 4.78 is 22.8. The molecule has 2 rings (SSSR count). The molecule has 0 aliphatic carbocycles. The van der Waals surface area contributed by atoms with Crippen LogP contribution in [0.25, 0.3) is 11.4 Å². The molecule has 1 heterocycles. The number of hydrogen-bond donors (Lipinski definition) is 0. The Morgan fingerprint density at radius 3 is 2.94 bits per heavy atom. The van der Waals surface area contributed by atoms with Crippen LogP contribution < -0.4 is 4.74 Å². The maximum absolute atomic E-state index is 13.1. The van der Waals surface area contributed by atoms with Crippen molar-refractivity contribution in [3.8, 4) is 17.1 Å². The quantitative estimate of drug-likeness (QED) is 0.777. The molecular formula is C10H8ClFN2O2. The Bertz CT molecular complexity index is 501. The van der Waals surface area contributed by atoms with Crippen LogP contribution in [0.15, 0.2) is 22.7 Å². The van der Waals surface area contributed by atoms with Crippen molar-refractivity contribution < 1.29 is 13.7 Å². The number of alkyl halides is 1. The molecule has 1 aromatic carbocycles. The number of rotatable bonds is 3. The average molecular weight is 243 g/mol. The first-order chi connectivity index (χ1) is 7.74. The molecule has 0 fully saturated rings. The Hall–Kier alpha value is -1.62. The van der Waals surface area contributed by atoms with Crippen LogP contribution in [0.5, 0.6) is 5.75 Å². The summed E-state index contributed by atoms with van der Waals surface area (Å²) in [6.07, 6.45) is 0. The number of halogens is 2. The summed E-state index contributed by atoms with van der Waals surface area (Å²) in [5, 5.41) is 3.71. The van der Waals surface area contributed by atoms with E-state index in [2.05, 4.69) is 10.1 Å². The average Bonchev–Trinajstić information content (AvgIpc) is 2.78. The van der Waals surface area contributed by atoms with E-state index in [0.717, 1.165) is 0 Å². The second kappa shape index (κ2) is 4.49. The zero-order valence-electron chi connectivity index (χ0n) is 8.41. The third-order valence-electron chi connectivity index (χ3n) is 1.99. The minimum absolute atomic E-state index is 0.134. The first-order valence-corrected chi connectivity index (χ1v) is 5.00. The van der Waals surface area contributed by atoms with Crippen LogP contribution >= 0.6 is 11.6 Å². The van der Waals surface area contributed by atoms with Crippen molar-refractivity contribution in [1.29, 1.82) is 0 Å². The van der Waals surface area contributed by atoms with Gasteiger partial charge in [-0.15, -0.1) is 11.6 Å². The monoisotopic (exact) mass is 242 g/mol. The lowest BCUT2D eigenvalue weighted by Crippen LogP contribution is -1.89. The molecule has 16 heavy (non-hydrogen) atoms. The lowest BCUT2D eigenvalue weighted by molar-refractivity contribution is 0.386. The summed E-state index contributed by atoms with van der Waals surface area (Å²) in [5.74, 6) is 0.515. The van der Waals surface area contributed by atoms with E-state index in [1.54, 1.807) is 6.07 Å². The van der Waals surface area contributed by atoms with Gasteiger partial charge in [-0.3, -0.25) is 0 Å². The Balaban J connectivity index is 2.40. The molecule has 0 aliphatic heterocycles. The highest BCUT2D eigenvalue weighted by atomic mass is 35.5. The minimum atomic E-state index is -0.438. The summed E-state index contributed by atoms with van der Waals surface area (Å²) in [6.45, 7) is 0. The Kier molecular flexibility index (Phi) is 3.05. The number of nitrogens with zero attached hydrogens (tertiary/aromatic N) is 2. The predicted molar refractivity (Wildman–Crippen MR) is 55.8 cm³/mol. The van der Waals surface area contributed by atoms with Crippen molar-refractivity contribution in [3.63, 3.8) is 0 Å². The fourth-order valence-electron chi connectivity index (χ4n) is 1.23. The Labute approximate surface area is 96.0 Å². The molecule has 1 aromatic heterocycles. The fraction of sp³-hybridized carbons (Fsp3) is 0.200. The van der Waals surface area contributed by atoms with E-state index >= 15 is 0 Å². The fourth-order valence-corrected chi connectivity index (χ4v) is 1.33. The molecule has 0 atom stereocenters. The van der Waals surface area contributed by atoms with Crippen molar-refractivity contribution in [2.45, 2.75) is 5.88 Å². The number of hydrogen-bond acceptors (Lipinski definition) is 4. The number of benzene rings is 1. The van der Waals surface area contributed by atoms with Crippen LogP contribution in [0, 0.1) is 5.82 Å². The highest BCUT2D eigenvalue weighted by Gasteiger charge is 2.10. The van der Waals surface area contributed by atoms with Gasteiger partial charge in [0.05, 0.1) is 7.11 Å². The standard InChI is InChI=1S/C10H8ClFN2O2/c1-15-8-4-6(2-3-7(8)12)10-13-9(5-11)16-14-10/h2-4H,5H2,1H3. The van der Waals surface area contributed by atoms with Gasteiger partial charge in [0.2, 0.25) is 11.7 Å². The van der Waals surface area contributed by atoms with Gasteiger partial charge in [0.15, 0.2) is 11.6 Å². The second-order valence-corrected chi connectivity index (χ2v) is 3.26. The highest BCUT2D eigenvalue weighted by molar-refractivity contribution is 6.16. The topological polar surface area (TPSA) is 48.2 Å². The molecule has 0 saturated carbocycles. The molecule has 2 aromatic rings. The zero-order chi connectivity index (χ0) is 11.5. The van der Waals surface area contributed by atoms with Gasteiger partial charge in [-0.25, -0.2) is 4.39 Å². The molecule has 0 aliphatic rings. The van der Waals surface area contributed by atoms with E-state index in [1.807, 2.05) is 0 Å². The molecule has 0 N–H and O–H groups in total. The maximum Gasteiger partial charge on any atom is 0.241 e. The Morgan fingerprint density at radius 2 is 2.31 bits per heavy atom. The molecule has 0 amide bonds. The summed E-state index contributed by atoms with van der Waals surface area (Å²) >= 11 is 5.53. The first kappa shape index (κ1) is 10.9. The van der Waals surface area contributed by atoms with E-state index in [4.69, 9.17) is 20.9 Å². The third kappa shape index (κ3) is 1.99. The minimum Gasteiger partial charge on any atom is -0.494 e. The molecule has 0 radical (unpaired) electrons. The number of ether oxygens (including phenoxy) is 1. The van der Waals surface area contributed by atoms with E-state index in [0.29, 0.717) is 17.3 Å². The van der Waals surface area contributed by atoms with Gasteiger partial charge in [0.25, 0.3) is 0 Å². The molecule has 6 heteroatoms. The summed E-state index contributed by atoms with van der Waals surface area (Å²) in [4.78, 5) is 4.02. The van der Waals surface area contributed by atoms with Gasteiger partial charge in [-0.2, -0.15) is 4.98 Å². The van der Waals surface area contributed by atoms with Crippen LogP contribution in [0.2, 0.25) is 0 Å². The van der Waals surface area contributed by atoms with Crippen molar-refractivity contribution in [1.82, 2.24) is 10.1 Å². The van der Waals surface area contributed by atoms with Crippen molar-refractivity contribution >= 4 is 11.6 Å². The van der Waals surface area contributed by atoms with Gasteiger partial charge in [0.1, 0.15) is 5.88 Å². The molecule has 0 unspecified atom stereocenters. The van der Waals surface area contributed by atoms with Crippen molar-refractivity contribution in [3.05, 3.63) is 29.9 Å². The van der Waals surface area contributed by atoms with E-state index in [9.17, 15) is 4.39 Å². The summed E-state index contributed by atoms with van der Waals surface area (Å²) in [5.41, 5.74) is 0.610. The van der Waals surface area contributed by atoms with Crippen molar-refractivity contribution in [2.24, 2.45) is 0 Å². The van der Waals surface area contributed by atoms with E-state index < -0.39 is 5.82 Å². The van der Waals surface area contributed by atoms with Crippen LogP contribution in [0.4, 0.5) is 4.39 Å². The smallest absolute Gasteiger partial charge is 0.241 e. The summed E-state index contributed by atoms with van der Waals surface area (Å²) in [7, 11) is 1.39. The molecule has 84 valence electrons. The molecule has 0 saturated heterocycles. The molecule has 0 spiro atoms. The summed E-state index contributed by atoms with van der Waals surface area (Å²) in [6, 6.07) is 4.32. The Morgan fingerprint density at radius 1 is 1.50 bits per heavy atom. The molecule has 4 nitrogen and oxygen atoms in total.